The summed E-state index contributed by atoms with van der Waals surface area (Å²) >= 11 is 0. The number of rotatable bonds is 7. The van der Waals surface area contributed by atoms with E-state index in [0.717, 1.165) is 26.1 Å². The molecule has 0 aromatic heterocycles. The fraction of sp³-hybridized carbons (Fsp3) is 0.619. The minimum absolute atomic E-state index is 0.0121. The maximum Gasteiger partial charge on any atom is 0.263 e. The van der Waals surface area contributed by atoms with Gasteiger partial charge in [-0.25, -0.2) is 8.42 Å². The Morgan fingerprint density at radius 1 is 1.21 bits per heavy atom. The van der Waals surface area contributed by atoms with Crippen molar-refractivity contribution in [2.24, 2.45) is 10.9 Å². The van der Waals surface area contributed by atoms with Crippen LogP contribution in [0.25, 0.3) is 0 Å². The first-order valence-electron chi connectivity index (χ1n) is 10.5. The molecule has 3 rings (SSSR count). The van der Waals surface area contributed by atoms with Gasteiger partial charge in [-0.05, 0) is 50.9 Å². The zero-order chi connectivity index (χ0) is 21.0. The van der Waals surface area contributed by atoms with Crippen LogP contribution in [0.4, 0.5) is 0 Å². The SMILES string of the molecule is CC[C@H](C)[C@H](N=C1NS(=O)(=O)c2ccccc21)C(=O)NC(C)CN1CCCCC1. The van der Waals surface area contributed by atoms with Gasteiger partial charge in [0.1, 0.15) is 11.9 Å². The van der Waals surface area contributed by atoms with Gasteiger partial charge in [-0.15, -0.1) is 0 Å². The van der Waals surface area contributed by atoms with Crippen LogP contribution in [0.3, 0.4) is 0 Å². The second kappa shape index (κ2) is 9.26. The van der Waals surface area contributed by atoms with E-state index in [-0.39, 0.29) is 28.6 Å². The summed E-state index contributed by atoms with van der Waals surface area (Å²) in [6.07, 6.45) is 4.47. The van der Waals surface area contributed by atoms with Crippen LogP contribution >= 0.6 is 0 Å². The number of sulfonamides is 1. The van der Waals surface area contributed by atoms with Crippen LogP contribution in [0.1, 0.15) is 52.0 Å². The molecule has 1 aromatic carbocycles. The molecule has 0 bridgehead atoms. The highest BCUT2D eigenvalue weighted by atomic mass is 32.2. The normalized spacial score (nSPS) is 23.1. The molecule has 29 heavy (non-hydrogen) atoms. The predicted octanol–water partition coefficient (Wildman–Crippen LogP) is 2.13. The summed E-state index contributed by atoms with van der Waals surface area (Å²) in [5, 5.41) is 3.10. The molecule has 1 aromatic rings. The molecule has 160 valence electrons. The molecule has 1 fully saturated rings. The number of hydrogen-bond donors (Lipinski definition) is 2. The van der Waals surface area contributed by atoms with Gasteiger partial charge >= 0.3 is 0 Å². The summed E-state index contributed by atoms with van der Waals surface area (Å²) in [5.74, 6) is 0.0895. The Labute approximate surface area is 174 Å². The van der Waals surface area contributed by atoms with Crippen molar-refractivity contribution in [3.05, 3.63) is 29.8 Å². The molecular formula is C21H32N4O3S. The third kappa shape index (κ3) is 5.17. The van der Waals surface area contributed by atoms with E-state index in [4.69, 9.17) is 0 Å². The van der Waals surface area contributed by atoms with Crippen LogP contribution in [-0.2, 0) is 14.8 Å². The second-order valence-corrected chi connectivity index (χ2v) is 9.83. The Morgan fingerprint density at radius 3 is 2.59 bits per heavy atom. The van der Waals surface area contributed by atoms with E-state index in [0.29, 0.717) is 5.56 Å². The highest BCUT2D eigenvalue weighted by molar-refractivity contribution is 7.90. The van der Waals surface area contributed by atoms with Crippen molar-refractivity contribution >= 4 is 21.8 Å². The Kier molecular flexibility index (Phi) is 6.95. The highest BCUT2D eigenvalue weighted by Crippen LogP contribution is 2.24. The molecule has 1 amide bonds. The number of benzene rings is 1. The Balaban J connectivity index is 1.76. The molecule has 2 aliphatic heterocycles. The zero-order valence-electron chi connectivity index (χ0n) is 17.5. The summed E-state index contributed by atoms with van der Waals surface area (Å²) in [5.41, 5.74) is 0.523. The van der Waals surface area contributed by atoms with Crippen molar-refractivity contribution in [3.63, 3.8) is 0 Å². The van der Waals surface area contributed by atoms with E-state index in [1.807, 2.05) is 20.8 Å². The first-order valence-corrected chi connectivity index (χ1v) is 12.0. The molecule has 0 saturated carbocycles. The lowest BCUT2D eigenvalue weighted by atomic mass is 9.98. The summed E-state index contributed by atoms with van der Waals surface area (Å²) in [6.45, 7) is 8.98. The predicted molar refractivity (Wildman–Crippen MR) is 114 cm³/mol. The number of amides is 1. The van der Waals surface area contributed by atoms with Gasteiger partial charge in [0.05, 0.1) is 4.90 Å². The number of aliphatic imine (C=N–C) groups is 1. The molecule has 7 nitrogen and oxygen atoms in total. The molecular weight excluding hydrogens is 388 g/mol. The Morgan fingerprint density at radius 2 is 1.90 bits per heavy atom. The van der Waals surface area contributed by atoms with Crippen LogP contribution in [0, 0.1) is 5.92 Å². The summed E-state index contributed by atoms with van der Waals surface area (Å²) in [7, 11) is -3.62. The number of hydrogen-bond acceptors (Lipinski definition) is 5. The van der Waals surface area contributed by atoms with Crippen LogP contribution in [0.5, 0.6) is 0 Å². The molecule has 8 heteroatoms. The van der Waals surface area contributed by atoms with E-state index in [9.17, 15) is 13.2 Å². The molecule has 0 aliphatic carbocycles. The molecule has 1 unspecified atom stereocenters. The first kappa shape index (κ1) is 21.8. The summed E-state index contributed by atoms with van der Waals surface area (Å²) in [4.78, 5) is 20.2. The first-order chi connectivity index (χ1) is 13.8. The van der Waals surface area contributed by atoms with E-state index in [2.05, 4.69) is 19.9 Å². The van der Waals surface area contributed by atoms with Crippen molar-refractivity contribution in [3.8, 4) is 0 Å². The lowest BCUT2D eigenvalue weighted by Crippen LogP contribution is -2.48. The van der Waals surface area contributed by atoms with E-state index < -0.39 is 16.1 Å². The van der Waals surface area contributed by atoms with Crippen LogP contribution in [-0.4, -0.2) is 56.8 Å². The molecule has 2 aliphatic rings. The Bertz CT molecular complexity index is 862. The highest BCUT2D eigenvalue weighted by Gasteiger charge is 2.33. The smallest absolute Gasteiger partial charge is 0.263 e. The molecule has 3 atom stereocenters. The van der Waals surface area contributed by atoms with Crippen molar-refractivity contribution in [2.75, 3.05) is 19.6 Å². The second-order valence-electron chi connectivity index (χ2n) is 8.18. The number of likely N-dealkylation sites (tertiary alicyclic amines) is 1. The van der Waals surface area contributed by atoms with E-state index >= 15 is 0 Å². The molecule has 1 saturated heterocycles. The quantitative estimate of drug-likeness (QED) is 0.707. The van der Waals surface area contributed by atoms with Gasteiger partial charge in [0.15, 0.2) is 0 Å². The van der Waals surface area contributed by atoms with E-state index in [1.165, 1.54) is 19.3 Å². The average molecular weight is 421 g/mol. The van der Waals surface area contributed by atoms with Crippen molar-refractivity contribution < 1.29 is 13.2 Å². The van der Waals surface area contributed by atoms with Crippen LogP contribution in [0.15, 0.2) is 34.2 Å². The fourth-order valence-electron chi connectivity index (χ4n) is 3.94. The third-order valence-corrected chi connectivity index (χ3v) is 7.15. The molecule has 0 radical (unpaired) electrons. The monoisotopic (exact) mass is 420 g/mol. The van der Waals surface area contributed by atoms with Crippen molar-refractivity contribution in [2.45, 2.75) is 63.4 Å². The fourth-order valence-corrected chi connectivity index (χ4v) is 5.18. The molecule has 2 N–H and O–H groups in total. The van der Waals surface area contributed by atoms with Gasteiger partial charge in [-0.1, -0.05) is 38.8 Å². The largest absolute Gasteiger partial charge is 0.350 e. The lowest BCUT2D eigenvalue weighted by molar-refractivity contribution is -0.124. The van der Waals surface area contributed by atoms with Gasteiger partial charge in [-0.2, -0.15) is 0 Å². The number of fused-ring (bicyclic) bond motifs is 1. The van der Waals surface area contributed by atoms with Gasteiger partial charge in [0.25, 0.3) is 10.0 Å². The van der Waals surface area contributed by atoms with Gasteiger partial charge in [0, 0.05) is 18.2 Å². The Hall–Kier alpha value is -1.93. The van der Waals surface area contributed by atoms with Crippen LogP contribution < -0.4 is 10.0 Å². The van der Waals surface area contributed by atoms with E-state index in [1.54, 1.807) is 24.3 Å². The van der Waals surface area contributed by atoms with Crippen molar-refractivity contribution in [1.29, 1.82) is 0 Å². The number of carbonyl (C=O) groups is 1. The minimum atomic E-state index is -3.62. The number of carbonyl (C=O) groups excluding carboxylic acids is 1. The van der Waals surface area contributed by atoms with Crippen molar-refractivity contribution in [1.82, 2.24) is 14.9 Å². The van der Waals surface area contributed by atoms with Gasteiger partial charge < -0.3 is 10.2 Å². The third-order valence-electron chi connectivity index (χ3n) is 5.75. The lowest BCUT2D eigenvalue weighted by Gasteiger charge is -2.30. The summed E-state index contributed by atoms with van der Waals surface area (Å²) in [6, 6.07) is 6.10. The van der Waals surface area contributed by atoms with Gasteiger partial charge in [-0.3, -0.25) is 14.5 Å². The van der Waals surface area contributed by atoms with Gasteiger partial charge in [0.2, 0.25) is 5.91 Å². The number of amidine groups is 1. The molecule has 0 spiro atoms. The minimum Gasteiger partial charge on any atom is -0.350 e. The standard InChI is InChI=1S/C21H32N4O3S/c1-4-15(2)19(21(26)22-16(3)14-25-12-8-5-9-13-25)23-20-17-10-6-7-11-18(17)29(27,28)24-20/h6-7,10-11,15-16,19H,4-5,8-9,12-14H2,1-3H3,(H,22,26)(H,23,24)/t15-,16?,19-/m0/s1. The average Bonchev–Trinajstić information content (AvgIpc) is 2.96. The number of piperidine rings is 1. The number of nitrogens with zero attached hydrogens (tertiary/aromatic N) is 2. The maximum absolute atomic E-state index is 13.0. The summed E-state index contributed by atoms with van der Waals surface area (Å²) < 4.78 is 27.2. The number of nitrogens with one attached hydrogen (secondary N) is 2. The molecule has 2 heterocycles. The zero-order valence-corrected chi connectivity index (χ0v) is 18.3. The maximum atomic E-state index is 13.0. The van der Waals surface area contributed by atoms with Crippen LogP contribution in [0.2, 0.25) is 0 Å². The topological polar surface area (TPSA) is 90.9 Å².